The molecule has 1 aliphatic carbocycles. The highest BCUT2D eigenvalue weighted by atomic mass is 16.7. The number of phenolic OH excluding ortho intramolecular Hbond substituents is 1. The number of aliphatic hydroxyl groups is 5. The third-order valence-electron chi connectivity index (χ3n) is 9.36. The molecule has 13 nitrogen and oxygen atoms in total. The maximum Gasteiger partial charge on any atom is 0.308 e. The van der Waals surface area contributed by atoms with Gasteiger partial charge >= 0.3 is 5.97 Å². The normalized spacial score (nSPS) is 20.9. The van der Waals surface area contributed by atoms with Crippen LogP contribution in [0.2, 0.25) is 0 Å². The number of carbonyl (C=O) groups is 4. The molecule has 6 N–H and O–H groups in total. The van der Waals surface area contributed by atoms with Gasteiger partial charge in [-0.15, -0.1) is 0 Å². The monoisotopic (exact) mass is 724 g/mol. The van der Waals surface area contributed by atoms with Gasteiger partial charge in [-0.25, -0.2) is 0 Å². The highest BCUT2D eigenvalue weighted by molar-refractivity contribution is 6.31. The van der Waals surface area contributed by atoms with E-state index in [9.17, 15) is 49.8 Å². The van der Waals surface area contributed by atoms with Crippen molar-refractivity contribution in [2.24, 2.45) is 0 Å². The molecule has 2 aliphatic rings. The Kier molecular flexibility index (Phi) is 10.7. The lowest BCUT2D eigenvalue weighted by Gasteiger charge is -2.39. The molecule has 1 saturated heterocycles. The number of ether oxygens (including phenoxy) is 3. The van der Waals surface area contributed by atoms with Crippen molar-refractivity contribution in [2.75, 3.05) is 0 Å². The number of carbonyl (C=O) groups excluding carboxylic acids is 4. The van der Waals surface area contributed by atoms with Gasteiger partial charge in [-0.3, -0.25) is 19.2 Å². The minimum absolute atomic E-state index is 0.0414. The number of benzene rings is 4. The van der Waals surface area contributed by atoms with Crippen LogP contribution in [-0.2, 0) is 29.2 Å². The maximum absolute atomic E-state index is 14.7. The summed E-state index contributed by atoms with van der Waals surface area (Å²) in [6, 6.07) is 16.0. The molecule has 274 valence electrons. The van der Waals surface area contributed by atoms with Crippen LogP contribution in [-0.4, -0.2) is 85.2 Å². The number of hydrogen-bond donors (Lipinski definition) is 6. The molecular formula is C40H36O13. The fourth-order valence-electron chi connectivity index (χ4n) is 6.66. The summed E-state index contributed by atoms with van der Waals surface area (Å²) in [4.78, 5) is 53.5. The number of aromatic hydroxyl groups is 1. The third kappa shape index (κ3) is 6.89. The van der Waals surface area contributed by atoms with Gasteiger partial charge in [-0.2, -0.15) is 0 Å². The van der Waals surface area contributed by atoms with Gasteiger partial charge in [-0.1, -0.05) is 54.6 Å². The van der Waals surface area contributed by atoms with Crippen molar-refractivity contribution < 1.29 is 64.0 Å². The lowest BCUT2D eigenvalue weighted by Crippen LogP contribution is -2.58. The number of phenols is 1. The summed E-state index contributed by atoms with van der Waals surface area (Å²) in [5.41, 5.74) is -0.0173. The fourth-order valence-corrected chi connectivity index (χ4v) is 6.66. The predicted octanol–water partition coefficient (Wildman–Crippen LogP) is 2.86. The quantitative estimate of drug-likeness (QED) is 0.0529. The first-order chi connectivity index (χ1) is 25.4. The van der Waals surface area contributed by atoms with Crippen LogP contribution >= 0.6 is 0 Å². The van der Waals surface area contributed by atoms with Crippen molar-refractivity contribution in [1.82, 2.24) is 0 Å². The average molecular weight is 725 g/mol. The van der Waals surface area contributed by atoms with Crippen LogP contribution < -0.4 is 9.47 Å². The third-order valence-corrected chi connectivity index (χ3v) is 9.36. The second-order valence-electron chi connectivity index (χ2n) is 12.7. The van der Waals surface area contributed by atoms with Gasteiger partial charge in [0.1, 0.15) is 35.6 Å². The summed E-state index contributed by atoms with van der Waals surface area (Å²) < 4.78 is 17.1. The summed E-state index contributed by atoms with van der Waals surface area (Å²) in [5.74, 6) is -3.52. The summed E-state index contributed by atoms with van der Waals surface area (Å²) >= 11 is 0. The van der Waals surface area contributed by atoms with E-state index in [2.05, 4.69) is 0 Å². The zero-order chi connectivity index (χ0) is 38.1. The lowest BCUT2D eigenvalue weighted by molar-refractivity contribution is -0.268. The molecule has 13 heteroatoms. The van der Waals surface area contributed by atoms with Crippen LogP contribution in [0, 0.1) is 0 Å². The molecule has 1 heterocycles. The Labute approximate surface area is 302 Å². The predicted molar refractivity (Wildman–Crippen MR) is 188 cm³/mol. The molecule has 4 aromatic carbocycles. The van der Waals surface area contributed by atoms with Crippen molar-refractivity contribution in [2.45, 2.75) is 64.2 Å². The van der Waals surface area contributed by atoms with Gasteiger partial charge in [-0.05, 0) is 47.4 Å². The molecule has 1 fully saturated rings. The van der Waals surface area contributed by atoms with Gasteiger partial charge in [0.15, 0.2) is 17.9 Å². The van der Waals surface area contributed by atoms with Gasteiger partial charge in [0.25, 0.3) is 0 Å². The van der Waals surface area contributed by atoms with E-state index < -0.39 is 72.8 Å². The Balaban J connectivity index is 1.59. The largest absolute Gasteiger partial charge is 0.507 e. The van der Waals surface area contributed by atoms with Gasteiger partial charge in [0.05, 0.1) is 24.9 Å². The number of rotatable bonds is 10. The lowest BCUT2D eigenvalue weighted by atomic mass is 9.77. The number of ketones is 2. The first kappa shape index (κ1) is 37.2. The Hall–Kier alpha value is -5.54. The number of hydrogen-bond acceptors (Lipinski definition) is 13. The topological polar surface area (TPSA) is 217 Å². The molecule has 0 aromatic heterocycles. The van der Waals surface area contributed by atoms with Crippen molar-refractivity contribution in [1.29, 1.82) is 0 Å². The number of fused-ring (bicyclic) bond motifs is 2. The van der Waals surface area contributed by atoms with Crippen LogP contribution in [0.4, 0.5) is 0 Å². The average Bonchev–Trinajstić information content (AvgIpc) is 3.15. The molecule has 0 amide bonds. The molecule has 0 saturated carbocycles. The van der Waals surface area contributed by atoms with Crippen molar-refractivity contribution in [3.05, 3.63) is 122 Å². The summed E-state index contributed by atoms with van der Waals surface area (Å²) in [6.07, 6.45) is -4.29. The molecular weight excluding hydrogens is 688 g/mol. The second-order valence-corrected chi connectivity index (χ2v) is 12.7. The number of aliphatic hydroxyl groups excluding tert-OH is 5. The van der Waals surface area contributed by atoms with Gasteiger partial charge < -0.3 is 44.8 Å². The fraction of sp³-hybridized carbons (Fsp3) is 0.250. The first-order valence-electron chi connectivity index (χ1n) is 16.6. The molecule has 53 heavy (non-hydrogen) atoms. The molecule has 0 spiro atoms. The van der Waals surface area contributed by atoms with E-state index in [1.165, 1.54) is 25.1 Å². The van der Waals surface area contributed by atoms with E-state index in [0.717, 1.165) is 13.0 Å². The van der Waals surface area contributed by atoms with E-state index in [4.69, 9.17) is 14.2 Å². The van der Waals surface area contributed by atoms with Crippen molar-refractivity contribution >= 4 is 36.0 Å². The molecule has 0 bridgehead atoms. The van der Waals surface area contributed by atoms with E-state index in [1.54, 1.807) is 42.5 Å². The van der Waals surface area contributed by atoms with Crippen LogP contribution in [0.15, 0.2) is 60.7 Å². The second kappa shape index (κ2) is 15.2. The van der Waals surface area contributed by atoms with Gasteiger partial charge in [0.2, 0.25) is 6.29 Å². The van der Waals surface area contributed by atoms with Crippen LogP contribution in [0.3, 0.4) is 0 Å². The standard InChI is InChI=1S/C40H36O13/c1-19-34(45)38(49)39(50)40(51-19)53-30-15-27-33(35(46)26(30)13-22-9-6-10-23(16-41)28(22)18-43)37(48)31-24(17-42)14-29(52-20(2)44)25(32(31)36(27)47)12-11-21-7-4-3-5-8-21/h3-12,14-15,18-19,34,38-42,45-46,49-50H,13,16-17H2,1-2H3. The molecule has 0 radical (unpaired) electrons. The van der Waals surface area contributed by atoms with Crippen LogP contribution in [0.25, 0.3) is 12.2 Å². The highest BCUT2D eigenvalue weighted by Gasteiger charge is 2.44. The Morgan fingerprint density at radius 1 is 0.792 bits per heavy atom. The van der Waals surface area contributed by atoms with Gasteiger partial charge in [0, 0.05) is 46.7 Å². The molecule has 5 unspecified atom stereocenters. The van der Waals surface area contributed by atoms with E-state index in [1.807, 2.05) is 6.07 Å². The highest BCUT2D eigenvalue weighted by Crippen LogP contribution is 2.45. The van der Waals surface area contributed by atoms with Crippen molar-refractivity contribution in [3.8, 4) is 17.2 Å². The minimum Gasteiger partial charge on any atom is -0.507 e. The Morgan fingerprint density at radius 3 is 2.15 bits per heavy atom. The number of aldehydes is 1. The summed E-state index contributed by atoms with van der Waals surface area (Å²) in [7, 11) is 0. The molecule has 6 rings (SSSR count). The molecule has 4 aromatic rings. The van der Waals surface area contributed by atoms with Crippen molar-refractivity contribution in [3.63, 3.8) is 0 Å². The first-order valence-corrected chi connectivity index (χ1v) is 16.6. The summed E-state index contributed by atoms with van der Waals surface area (Å²) in [6.45, 7) is 1.36. The van der Waals surface area contributed by atoms with E-state index in [0.29, 0.717) is 17.4 Å². The minimum atomic E-state index is -1.80. The van der Waals surface area contributed by atoms with Crippen LogP contribution in [0.5, 0.6) is 17.2 Å². The van der Waals surface area contributed by atoms with E-state index in [-0.39, 0.29) is 62.4 Å². The smallest absolute Gasteiger partial charge is 0.308 e. The maximum atomic E-state index is 14.7. The number of esters is 1. The summed E-state index contributed by atoms with van der Waals surface area (Å²) in [5, 5.41) is 63.8. The Bertz CT molecular complexity index is 2140. The van der Waals surface area contributed by atoms with Crippen LogP contribution in [0.1, 0.15) is 89.4 Å². The Morgan fingerprint density at radius 2 is 1.49 bits per heavy atom. The molecule has 1 aliphatic heterocycles. The SMILES string of the molecule is CC(=O)Oc1cc(CO)c2c(c1C=Cc1ccccc1)C(=O)c1cc(OC3OC(C)C(O)C(O)C3O)c(Cc3cccc(CO)c3C=O)c(O)c1C2=O. The van der Waals surface area contributed by atoms with E-state index >= 15 is 0 Å². The zero-order valence-corrected chi connectivity index (χ0v) is 28.6. The molecule has 5 atom stereocenters. The zero-order valence-electron chi connectivity index (χ0n) is 28.6.